The van der Waals surface area contributed by atoms with Gasteiger partial charge >= 0.3 is 0 Å². The molecule has 0 atom stereocenters. The van der Waals surface area contributed by atoms with Crippen LogP contribution in [0.3, 0.4) is 0 Å². The molecule has 2 aromatic rings. The second-order valence-electron chi connectivity index (χ2n) is 7.42. The van der Waals surface area contributed by atoms with Crippen LogP contribution in [0.5, 0.6) is 0 Å². The Labute approximate surface area is 155 Å². The molecule has 26 heavy (non-hydrogen) atoms. The Morgan fingerprint density at radius 1 is 0.962 bits per heavy atom. The monoisotopic (exact) mass is 350 g/mol. The summed E-state index contributed by atoms with van der Waals surface area (Å²) in [4.78, 5) is 6.48. The molecule has 1 aromatic carbocycles. The number of hydrogen-bond acceptors (Lipinski definition) is 5. The van der Waals surface area contributed by atoms with E-state index in [1.807, 2.05) is 24.3 Å². The van der Waals surface area contributed by atoms with Crippen LogP contribution in [0, 0.1) is 18.3 Å². The van der Waals surface area contributed by atoms with Crippen LogP contribution in [-0.4, -0.2) is 52.1 Å². The molecule has 0 bridgehead atoms. The van der Waals surface area contributed by atoms with Crippen molar-refractivity contribution >= 4 is 5.82 Å². The first-order chi connectivity index (χ1) is 12.7. The molecule has 0 N–H and O–H groups in total. The molecule has 136 valence electrons. The number of aryl methyl sites for hydroxylation is 1. The highest BCUT2D eigenvalue weighted by molar-refractivity contribution is 5.50. The van der Waals surface area contributed by atoms with Crippen LogP contribution in [0.2, 0.25) is 0 Å². The maximum atomic E-state index is 9.51. The summed E-state index contributed by atoms with van der Waals surface area (Å²) in [6, 6.07) is 11.0. The molecule has 3 heterocycles. The van der Waals surface area contributed by atoms with Gasteiger partial charge in [-0.2, -0.15) is 5.26 Å². The molecule has 0 radical (unpaired) electrons. The van der Waals surface area contributed by atoms with Gasteiger partial charge in [-0.05, 0) is 57.8 Å². The number of benzene rings is 1. The van der Waals surface area contributed by atoms with E-state index in [1.165, 1.54) is 37.9 Å². The van der Waals surface area contributed by atoms with E-state index in [0.717, 1.165) is 37.4 Å². The van der Waals surface area contributed by atoms with Crippen LogP contribution in [0.15, 0.2) is 24.3 Å². The van der Waals surface area contributed by atoms with Crippen molar-refractivity contribution in [2.24, 2.45) is 0 Å². The predicted molar refractivity (Wildman–Crippen MR) is 101 cm³/mol. The Morgan fingerprint density at radius 2 is 1.65 bits per heavy atom. The van der Waals surface area contributed by atoms with E-state index in [2.05, 4.69) is 33.0 Å². The van der Waals surface area contributed by atoms with Crippen LogP contribution in [0.1, 0.15) is 43.4 Å². The maximum absolute atomic E-state index is 9.51. The van der Waals surface area contributed by atoms with Gasteiger partial charge in [-0.1, -0.05) is 24.1 Å². The number of piperidine rings is 2. The molecule has 2 aliphatic rings. The predicted octanol–water partition coefficient (Wildman–Crippen LogP) is 2.90. The first kappa shape index (κ1) is 17.0. The largest absolute Gasteiger partial charge is 0.353 e. The second-order valence-corrected chi connectivity index (χ2v) is 7.42. The molecule has 4 rings (SSSR count). The summed E-state index contributed by atoms with van der Waals surface area (Å²) in [5, 5.41) is 18.6. The summed E-state index contributed by atoms with van der Waals surface area (Å²) in [6.07, 6.45) is 6.33. The van der Waals surface area contributed by atoms with Crippen LogP contribution in [0.25, 0.3) is 5.69 Å². The number of likely N-dealkylation sites (tertiary alicyclic amines) is 1. The summed E-state index contributed by atoms with van der Waals surface area (Å²) in [5.41, 5.74) is 2.50. The SMILES string of the molecule is Cc1ccc(-n2nc(C#N)c(N3CCC(N4CCCCC4)CC3)n2)cc1. The van der Waals surface area contributed by atoms with Gasteiger partial charge in [0, 0.05) is 19.1 Å². The van der Waals surface area contributed by atoms with Gasteiger partial charge in [-0.15, -0.1) is 15.0 Å². The Bertz CT molecular complexity index is 774. The smallest absolute Gasteiger partial charge is 0.207 e. The number of nitrogens with zero attached hydrogens (tertiary/aromatic N) is 6. The average Bonchev–Trinajstić information content (AvgIpc) is 3.14. The number of rotatable bonds is 3. The third-order valence-electron chi connectivity index (χ3n) is 5.64. The Balaban J connectivity index is 1.48. The molecule has 2 fully saturated rings. The topological polar surface area (TPSA) is 61.0 Å². The van der Waals surface area contributed by atoms with Crippen molar-refractivity contribution in [3.05, 3.63) is 35.5 Å². The van der Waals surface area contributed by atoms with E-state index in [0.29, 0.717) is 11.7 Å². The van der Waals surface area contributed by atoms with Crippen molar-refractivity contribution in [1.82, 2.24) is 19.9 Å². The minimum atomic E-state index is 0.419. The molecular formula is C20H26N6. The van der Waals surface area contributed by atoms with Crippen molar-refractivity contribution in [2.45, 2.75) is 45.1 Å². The normalized spacial score (nSPS) is 19.5. The number of nitriles is 1. The lowest BCUT2D eigenvalue weighted by Crippen LogP contribution is -2.47. The van der Waals surface area contributed by atoms with Crippen molar-refractivity contribution in [3.63, 3.8) is 0 Å². The fourth-order valence-corrected chi connectivity index (χ4v) is 4.10. The van der Waals surface area contributed by atoms with Gasteiger partial charge in [0.25, 0.3) is 0 Å². The highest BCUT2D eigenvalue weighted by Crippen LogP contribution is 2.25. The molecule has 1 aromatic heterocycles. The van der Waals surface area contributed by atoms with E-state index in [9.17, 15) is 5.26 Å². The van der Waals surface area contributed by atoms with E-state index < -0.39 is 0 Å². The molecule has 6 nitrogen and oxygen atoms in total. The summed E-state index contributed by atoms with van der Waals surface area (Å²) in [5.74, 6) is 0.727. The van der Waals surface area contributed by atoms with E-state index in [4.69, 9.17) is 0 Å². The van der Waals surface area contributed by atoms with Gasteiger partial charge in [0.15, 0.2) is 5.82 Å². The molecular weight excluding hydrogens is 324 g/mol. The Hall–Kier alpha value is -2.39. The maximum Gasteiger partial charge on any atom is 0.207 e. The zero-order valence-corrected chi connectivity index (χ0v) is 15.4. The summed E-state index contributed by atoms with van der Waals surface area (Å²) in [7, 11) is 0. The van der Waals surface area contributed by atoms with Crippen molar-refractivity contribution < 1.29 is 0 Å². The van der Waals surface area contributed by atoms with Crippen LogP contribution >= 0.6 is 0 Å². The highest BCUT2D eigenvalue weighted by Gasteiger charge is 2.28. The third kappa shape index (κ3) is 3.45. The quantitative estimate of drug-likeness (QED) is 0.852. The lowest BCUT2D eigenvalue weighted by atomic mass is 10.00. The van der Waals surface area contributed by atoms with Crippen LogP contribution in [0.4, 0.5) is 5.82 Å². The van der Waals surface area contributed by atoms with Gasteiger partial charge in [0.1, 0.15) is 6.07 Å². The van der Waals surface area contributed by atoms with Crippen LogP contribution < -0.4 is 4.90 Å². The zero-order valence-electron chi connectivity index (χ0n) is 15.4. The van der Waals surface area contributed by atoms with Crippen LogP contribution in [-0.2, 0) is 0 Å². The summed E-state index contributed by atoms with van der Waals surface area (Å²) < 4.78 is 0. The zero-order chi connectivity index (χ0) is 17.9. The molecule has 6 heteroatoms. The first-order valence-electron chi connectivity index (χ1n) is 9.68. The van der Waals surface area contributed by atoms with Gasteiger partial charge in [0.05, 0.1) is 5.69 Å². The van der Waals surface area contributed by atoms with E-state index in [-0.39, 0.29) is 0 Å². The van der Waals surface area contributed by atoms with Gasteiger partial charge in [-0.3, -0.25) is 0 Å². The number of aromatic nitrogens is 3. The van der Waals surface area contributed by atoms with Gasteiger partial charge < -0.3 is 9.80 Å². The molecule has 0 spiro atoms. The fraction of sp³-hybridized carbons (Fsp3) is 0.550. The summed E-state index contributed by atoms with van der Waals surface area (Å²) in [6.45, 7) is 6.44. The third-order valence-corrected chi connectivity index (χ3v) is 5.64. The average molecular weight is 350 g/mol. The lowest BCUT2D eigenvalue weighted by Gasteiger charge is -2.40. The van der Waals surface area contributed by atoms with Gasteiger partial charge in [-0.25, -0.2) is 0 Å². The molecule has 2 saturated heterocycles. The van der Waals surface area contributed by atoms with Crippen molar-refractivity contribution in [1.29, 1.82) is 5.26 Å². The standard InChI is InChI=1S/C20H26N6/c1-16-5-7-18(8-6-16)26-22-19(15-21)20(23-26)25-13-9-17(10-14-25)24-11-3-2-4-12-24/h5-8,17H,2-4,9-14H2,1H3. The molecule has 0 amide bonds. The van der Waals surface area contributed by atoms with E-state index >= 15 is 0 Å². The molecule has 0 aliphatic carbocycles. The minimum Gasteiger partial charge on any atom is -0.353 e. The first-order valence-corrected chi connectivity index (χ1v) is 9.68. The molecule has 2 aliphatic heterocycles. The fourth-order valence-electron chi connectivity index (χ4n) is 4.10. The molecule has 0 saturated carbocycles. The minimum absolute atomic E-state index is 0.419. The lowest BCUT2D eigenvalue weighted by molar-refractivity contribution is 0.141. The second kappa shape index (κ2) is 7.46. The summed E-state index contributed by atoms with van der Waals surface area (Å²) >= 11 is 0. The van der Waals surface area contributed by atoms with E-state index in [1.54, 1.807) is 4.80 Å². The number of anilines is 1. The Kier molecular flexibility index (Phi) is 4.89. The number of hydrogen-bond donors (Lipinski definition) is 0. The Morgan fingerprint density at radius 3 is 2.31 bits per heavy atom. The highest BCUT2D eigenvalue weighted by atomic mass is 15.5. The van der Waals surface area contributed by atoms with Crippen molar-refractivity contribution in [3.8, 4) is 11.8 Å². The van der Waals surface area contributed by atoms with Crippen molar-refractivity contribution in [2.75, 3.05) is 31.1 Å². The molecule has 0 unspecified atom stereocenters. The van der Waals surface area contributed by atoms with Gasteiger partial charge in [0.2, 0.25) is 5.69 Å².